The van der Waals surface area contributed by atoms with Gasteiger partial charge in [0, 0.05) is 5.56 Å². The number of halogens is 1. The molecule has 0 aromatic heterocycles. The van der Waals surface area contributed by atoms with Crippen molar-refractivity contribution in [3.8, 4) is 28.4 Å². The first-order valence-corrected chi connectivity index (χ1v) is 10.2. The van der Waals surface area contributed by atoms with E-state index in [1.54, 1.807) is 44.6 Å². The molecule has 7 heteroatoms. The number of methoxy groups -OCH3 is 2. The van der Waals surface area contributed by atoms with Gasteiger partial charge in [0.15, 0.2) is 17.2 Å². The minimum atomic E-state index is -3.98. The third kappa shape index (κ3) is 4.08. The Bertz CT molecular complexity index is 1090. The Balaban J connectivity index is 1.95. The van der Waals surface area contributed by atoms with Gasteiger partial charge in [-0.15, -0.1) is 0 Å². The van der Waals surface area contributed by atoms with E-state index in [0.717, 1.165) is 16.7 Å². The summed E-state index contributed by atoms with van der Waals surface area (Å²) < 4.78 is 41.0. The Labute approximate surface area is 169 Å². The lowest BCUT2D eigenvalue weighted by atomic mass is 10.0. The van der Waals surface area contributed by atoms with Crippen LogP contribution >= 0.6 is 11.6 Å². The molecule has 0 radical (unpaired) electrons. The first-order valence-electron chi connectivity index (χ1n) is 8.38. The van der Waals surface area contributed by atoms with Gasteiger partial charge in [0.1, 0.15) is 4.90 Å². The van der Waals surface area contributed by atoms with Crippen LogP contribution in [0.2, 0.25) is 5.02 Å². The summed E-state index contributed by atoms with van der Waals surface area (Å²) in [5, 5.41) is 0.165. The summed E-state index contributed by atoms with van der Waals surface area (Å²) in [5.41, 5.74) is 2.45. The molecule has 3 rings (SSSR count). The smallest absolute Gasteiger partial charge is 0.339 e. The van der Waals surface area contributed by atoms with Gasteiger partial charge in [-0.1, -0.05) is 47.5 Å². The minimum Gasteiger partial charge on any atom is -0.493 e. The number of rotatable bonds is 6. The van der Waals surface area contributed by atoms with Gasteiger partial charge < -0.3 is 13.7 Å². The first kappa shape index (κ1) is 20.0. The SMILES string of the molecule is COc1cccc(-c2ccc(OS(=O)(=O)c3ccc(C)cc3)c(Cl)c2)c1OC. The van der Waals surface area contributed by atoms with Crippen LogP contribution < -0.4 is 13.7 Å². The Morgan fingerprint density at radius 2 is 1.57 bits per heavy atom. The number of para-hydroxylation sites is 1. The predicted octanol–water partition coefficient (Wildman–Crippen LogP) is 5.10. The van der Waals surface area contributed by atoms with E-state index in [9.17, 15) is 8.42 Å². The van der Waals surface area contributed by atoms with Crippen LogP contribution in [-0.2, 0) is 10.1 Å². The molecule has 0 spiro atoms. The lowest BCUT2D eigenvalue weighted by Crippen LogP contribution is -2.10. The van der Waals surface area contributed by atoms with Crippen LogP contribution in [0.15, 0.2) is 65.6 Å². The highest BCUT2D eigenvalue weighted by Crippen LogP contribution is 2.40. The van der Waals surface area contributed by atoms with E-state index in [1.807, 2.05) is 19.1 Å². The van der Waals surface area contributed by atoms with E-state index in [0.29, 0.717) is 11.5 Å². The average Bonchev–Trinajstić information content (AvgIpc) is 2.69. The van der Waals surface area contributed by atoms with Crippen LogP contribution in [0, 0.1) is 6.92 Å². The molecule has 0 heterocycles. The van der Waals surface area contributed by atoms with E-state index in [2.05, 4.69) is 0 Å². The van der Waals surface area contributed by atoms with Crippen LogP contribution in [0.1, 0.15) is 5.56 Å². The van der Waals surface area contributed by atoms with Gasteiger partial charge in [0.2, 0.25) is 0 Å². The molecule has 28 heavy (non-hydrogen) atoms. The Kier molecular flexibility index (Phi) is 5.82. The molecule has 0 aliphatic heterocycles. The van der Waals surface area contributed by atoms with Gasteiger partial charge in [-0.3, -0.25) is 0 Å². The largest absolute Gasteiger partial charge is 0.493 e. The molecule has 0 aliphatic rings. The molecule has 3 aromatic rings. The fraction of sp³-hybridized carbons (Fsp3) is 0.143. The van der Waals surface area contributed by atoms with Crippen molar-refractivity contribution in [2.45, 2.75) is 11.8 Å². The average molecular weight is 419 g/mol. The maximum Gasteiger partial charge on any atom is 0.339 e. The van der Waals surface area contributed by atoms with E-state index >= 15 is 0 Å². The zero-order chi connectivity index (χ0) is 20.3. The zero-order valence-corrected chi connectivity index (χ0v) is 17.2. The molecule has 5 nitrogen and oxygen atoms in total. The highest BCUT2D eigenvalue weighted by atomic mass is 35.5. The van der Waals surface area contributed by atoms with Crippen LogP contribution in [0.3, 0.4) is 0 Å². The van der Waals surface area contributed by atoms with Gasteiger partial charge in [-0.2, -0.15) is 8.42 Å². The second kappa shape index (κ2) is 8.12. The lowest BCUT2D eigenvalue weighted by Gasteiger charge is -2.14. The number of benzene rings is 3. The first-order chi connectivity index (χ1) is 13.4. The van der Waals surface area contributed by atoms with Gasteiger partial charge in [-0.25, -0.2) is 0 Å². The van der Waals surface area contributed by atoms with Crippen molar-refractivity contribution in [1.82, 2.24) is 0 Å². The predicted molar refractivity (Wildman–Crippen MR) is 109 cm³/mol. The van der Waals surface area contributed by atoms with Crippen LogP contribution in [-0.4, -0.2) is 22.6 Å². The quantitative estimate of drug-likeness (QED) is 0.521. The Morgan fingerprint density at radius 3 is 2.18 bits per heavy atom. The molecule has 0 saturated carbocycles. The zero-order valence-electron chi connectivity index (χ0n) is 15.6. The lowest BCUT2D eigenvalue weighted by molar-refractivity contribution is 0.356. The van der Waals surface area contributed by atoms with E-state index in [-0.39, 0.29) is 15.7 Å². The second-order valence-electron chi connectivity index (χ2n) is 6.04. The molecule has 0 atom stereocenters. The van der Waals surface area contributed by atoms with Crippen molar-refractivity contribution in [2.24, 2.45) is 0 Å². The maximum atomic E-state index is 12.5. The van der Waals surface area contributed by atoms with E-state index < -0.39 is 10.1 Å². The molecule has 0 saturated heterocycles. The summed E-state index contributed by atoms with van der Waals surface area (Å²) in [6, 6.07) is 16.7. The Morgan fingerprint density at radius 1 is 0.857 bits per heavy atom. The minimum absolute atomic E-state index is 0.0489. The van der Waals surface area contributed by atoms with Crippen LogP contribution in [0.5, 0.6) is 17.2 Å². The topological polar surface area (TPSA) is 61.8 Å². The van der Waals surface area contributed by atoms with Crippen molar-refractivity contribution in [3.05, 3.63) is 71.2 Å². The van der Waals surface area contributed by atoms with Gasteiger partial charge in [0.25, 0.3) is 0 Å². The van der Waals surface area contributed by atoms with Crippen molar-refractivity contribution >= 4 is 21.7 Å². The molecule has 0 N–H and O–H groups in total. The fourth-order valence-electron chi connectivity index (χ4n) is 2.72. The Hall–Kier alpha value is -2.70. The van der Waals surface area contributed by atoms with E-state index in [1.165, 1.54) is 18.2 Å². The fourth-order valence-corrected chi connectivity index (χ4v) is 3.93. The van der Waals surface area contributed by atoms with Crippen LogP contribution in [0.25, 0.3) is 11.1 Å². The number of ether oxygens (including phenoxy) is 2. The van der Waals surface area contributed by atoms with Crippen molar-refractivity contribution in [3.63, 3.8) is 0 Å². The molecule has 3 aromatic carbocycles. The number of hydrogen-bond donors (Lipinski definition) is 0. The third-order valence-electron chi connectivity index (χ3n) is 4.15. The molecule has 0 amide bonds. The molecule has 0 fully saturated rings. The maximum absolute atomic E-state index is 12.5. The highest BCUT2D eigenvalue weighted by molar-refractivity contribution is 7.87. The summed E-state index contributed by atoms with van der Waals surface area (Å²) in [4.78, 5) is 0.0627. The molecule has 146 valence electrons. The van der Waals surface area contributed by atoms with Crippen molar-refractivity contribution in [1.29, 1.82) is 0 Å². The normalized spacial score (nSPS) is 11.1. The molecular formula is C21H19ClO5S. The van der Waals surface area contributed by atoms with Gasteiger partial charge >= 0.3 is 10.1 Å². The molecular weight excluding hydrogens is 400 g/mol. The molecule has 0 aliphatic carbocycles. The molecule has 0 unspecified atom stereocenters. The number of hydrogen-bond acceptors (Lipinski definition) is 5. The summed E-state index contributed by atoms with van der Waals surface area (Å²) in [6.45, 7) is 1.87. The van der Waals surface area contributed by atoms with Gasteiger partial charge in [0.05, 0.1) is 19.2 Å². The second-order valence-corrected chi connectivity index (χ2v) is 7.99. The highest BCUT2D eigenvalue weighted by Gasteiger charge is 2.19. The summed E-state index contributed by atoms with van der Waals surface area (Å²) in [7, 11) is -0.875. The monoisotopic (exact) mass is 418 g/mol. The molecule has 0 bridgehead atoms. The third-order valence-corrected chi connectivity index (χ3v) is 5.70. The number of aryl methyl sites for hydroxylation is 1. The van der Waals surface area contributed by atoms with Crippen molar-refractivity contribution < 1.29 is 22.1 Å². The van der Waals surface area contributed by atoms with Crippen molar-refractivity contribution in [2.75, 3.05) is 14.2 Å². The standard InChI is InChI=1S/C21H19ClO5S/c1-14-7-10-16(11-8-14)28(23,24)27-19-12-9-15(13-18(19)22)17-5-4-6-20(25-2)21(17)26-3/h4-13H,1-3H3. The summed E-state index contributed by atoms with van der Waals surface area (Å²) in [5.74, 6) is 1.19. The van der Waals surface area contributed by atoms with Gasteiger partial charge in [-0.05, 0) is 42.8 Å². The summed E-state index contributed by atoms with van der Waals surface area (Å²) >= 11 is 6.31. The van der Waals surface area contributed by atoms with E-state index in [4.69, 9.17) is 25.3 Å². The summed E-state index contributed by atoms with van der Waals surface area (Å²) in [6.07, 6.45) is 0. The van der Waals surface area contributed by atoms with Crippen LogP contribution in [0.4, 0.5) is 0 Å².